The smallest absolute Gasteiger partial charge is 0.221 e. The molecule has 72 valence electrons. The lowest BCUT2D eigenvalue weighted by Gasteiger charge is -2.05. The van der Waals surface area contributed by atoms with E-state index in [1.54, 1.807) is 0 Å². The highest BCUT2D eigenvalue weighted by molar-refractivity contribution is 7.99. The zero-order valence-corrected chi connectivity index (χ0v) is 8.62. The minimum Gasteiger partial charge on any atom is -0.355 e. The van der Waals surface area contributed by atoms with E-state index < -0.39 is 0 Å². The lowest BCUT2D eigenvalue weighted by molar-refractivity contribution is -0.120. The van der Waals surface area contributed by atoms with Gasteiger partial charge in [-0.3, -0.25) is 4.79 Å². The van der Waals surface area contributed by atoms with Gasteiger partial charge in [-0.25, -0.2) is 0 Å². The van der Waals surface area contributed by atoms with Crippen molar-refractivity contribution < 1.29 is 4.79 Å². The Balaban J connectivity index is 3.14. The molecule has 12 heavy (non-hydrogen) atoms. The van der Waals surface area contributed by atoms with Crippen molar-refractivity contribution in [3.63, 3.8) is 0 Å². The molecule has 0 saturated carbocycles. The summed E-state index contributed by atoms with van der Waals surface area (Å²) in [5.41, 5.74) is 5.22. The van der Waals surface area contributed by atoms with Crippen LogP contribution < -0.4 is 11.1 Å². The van der Waals surface area contributed by atoms with Crippen molar-refractivity contribution in [2.75, 3.05) is 18.8 Å². The van der Waals surface area contributed by atoms with Gasteiger partial charge in [0.1, 0.15) is 0 Å². The van der Waals surface area contributed by atoms with Crippen LogP contribution in [-0.4, -0.2) is 30.0 Å². The molecule has 0 saturated heterocycles. The highest BCUT2D eigenvalue weighted by Gasteiger charge is 1.98. The summed E-state index contributed by atoms with van der Waals surface area (Å²) in [6, 6.07) is 0. The van der Waals surface area contributed by atoms with Crippen LogP contribution in [0.5, 0.6) is 0 Å². The van der Waals surface area contributed by atoms with E-state index in [0.717, 1.165) is 12.3 Å². The van der Waals surface area contributed by atoms with E-state index in [1.165, 1.54) is 0 Å². The topological polar surface area (TPSA) is 55.1 Å². The highest BCUT2D eigenvalue weighted by atomic mass is 32.2. The predicted octanol–water partition coefficient (Wildman–Crippen LogP) is 0.593. The molecule has 0 fully saturated rings. The third kappa shape index (κ3) is 7.88. The summed E-state index contributed by atoms with van der Waals surface area (Å²) in [5.74, 6) is 1.04. The second-order valence-electron chi connectivity index (χ2n) is 2.81. The molecule has 0 heterocycles. The zero-order valence-electron chi connectivity index (χ0n) is 7.80. The number of amides is 1. The van der Waals surface area contributed by atoms with Crippen molar-refractivity contribution in [2.24, 2.45) is 5.73 Å². The van der Waals surface area contributed by atoms with Gasteiger partial charge in [-0.15, -0.1) is 0 Å². The summed E-state index contributed by atoms with van der Waals surface area (Å²) in [5, 5.41) is 3.43. The molecule has 0 radical (unpaired) electrons. The SMILES string of the molecule is CC(C)SCCNC(=O)CCN. The lowest BCUT2D eigenvalue weighted by Crippen LogP contribution is -2.27. The molecule has 0 bridgehead atoms. The van der Waals surface area contributed by atoms with Gasteiger partial charge in [0.25, 0.3) is 0 Å². The van der Waals surface area contributed by atoms with Crippen LogP contribution in [0.2, 0.25) is 0 Å². The van der Waals surface area contributed by atoms with Crippen LogP contribution in [0.25, 0.3) is 0 Å². The van der Waals surface area contributed by atoms with Gasteiger partial charge < -0.3 is 11.1 Å². The van der Waals surface area contributed by atoms with Gasteiger partial charge in [0.2, 0.25) is 5.91 Å². The van der Waals surface area contributed by atoms with E-state index >= 15 is 0 Å². The number of nitrogens with one attached hydrogen (secondary N) is 1. The van der Waals surface area contributed by atoms with E-state index in [2.05, 4.69) is 19.2 Å². The average molecular weight is 190 g/mol. The standard InChI is InChI=1S/C8H18N2OS/c1-7(2)12-6-5-10-8(11)3-4-9/h7H,3-6,9H2,1-2H3,(H,10,11). The second-order valence-corrected chi connectivity index (χ2v) is 4.49. The second kappa shape index (κ2) is 7.43. The largest absolute Gasteiger partial charge is 0.355 e. The Bertz CT molecular complexity index is 128. The molecule has 0 aliphatic heterocycles. The number of hydrogen-bond acceptors (Lipinski definition) is 3. The number of carbonyl (C=O) groups excluding carboxylic acids is 1. The van der Waals surface area contributed by atoms with Crippen LogP contribution in [0.4, 0.5) is 0 Å². The van der Waals surface area contributed by atoms with Crippen LogP contribution in [-0.2, 0) is 4.79 Å². The molecule has 0 unspecified atom stereocenters. The van der Waals surface area contributed by atoms with Gasteiger partial charge in [-0.05, 0) is 5.25 Å². The minimum absolute atomic E-state index is 0.0573. The first-order chi connectivity index (χ1) is 5.66. The van der Waals surface area contributed by atoms with Crippen LogP contribution in [0.15, 0.2) is 0 Å². The molecular formula is C8H18N2OS. The van der Waals surface area contributed by atoms with Crippen LogP contribution in [0, 0.1) is 0 Å². The van der Waals surface area contributed by atoms with Crippen molar-refractivity contribution in [3.8, 4) is 0 Å². The molecule has 0 aromatic rings. The van der Waals surface area contributed by atoms with Crippen LogP contribution >= 0.6 is 11.8 Å². The maximum atomic E-state index is 10.9. The van der Waals surface area contributed by atoms with E-state index in [0.29, 0.717) is 18.2 Å². The lowest BCUT2D eigenvalue weighted by atomic mass is 10.4. The number of nitrogens with two attached hydrogens (primary N) is 1. The Morgan fingerprint density at radius 3 is 2.75 bits per heavy atom. The van der Waals surface area contributed by atoms with Gasteiger partial charge in [0.05, 0.1) is 0 Å². The predicted molar refractivity (Wildman–Crippen MR) is 54.3 cm³/mol. The summed E-state index contributed by atoms with van der Waals surface area (Å²) >= 11 is 1.85. The molecule has 0 aromatic carbocycles. The summed E-state index contributed by atoms with van der Waals surface area (Å²) in [4.78, 5) is 10.9. The van der Waals surface area contributed by atoms with Gasteiger partial charge in [0, 0.05) is 25.3 Å². The zero-order chi connectivity index (χ0) is 9.40. The maximum Gasteiger partial charge on any atom is 0.221 e. The Kier molecular flexibility index (Phi) is 7.29. The van der Waals surface area contributed by atoms with Crippen LogP contribution in [0.3, 0.4) is 0 Å². The molecule has 0 rings (SSSR count). The quantitative estimate of drug-likeness (QED) is 0.603. The Morgan fingerprint density at radius 2 is 2.25 bits per heavy atom. The molecule has 0 spiro atoms. The molecule has 1 amide bonds. The third-order valence-electron chi connectivity index (χ3n) is 1.25. The maximum absolute atomic E-state index is 10.9. The highest BCUT2D eigenvalue weighted by Crippen LogP contribution is 2.06. The molecular weight excluding hydrogens is 172 g/mol. The fourth-order valence-electron chi connectivity index (χ4n) is 0.705. The van der Waals surface area contributed by atoms with Gasteiger partial charge in [0.15, 0.2) is 0 Å². The number of thioether (sulfide) groups is 1. The molecule has 0 atom stereocenters. The van der Waals surface area contributed by atoms with Gasteiger partial charge >= 0.3 is 0 Å². The summed E-state index contributed by atoms with van der Waals surface area (Å²) in [6.45, 7) is 5.48. The van der Waals surface area contributed by atoms with E-state index in [9.17, 15) is 4.79 Å². The van der Waals surface area contributed by atoms with Crippen molar-refractivity contribution >= 4 is 17.7 Å². The Hall–Kier alpha value is -0.220. The molecule has 0 aliphatic carbocycles. The molecule has 3 nitrogen and oxygen atoms in total. The summed E-state index contributed by atoms with van der Waals surface area (Å²) in [7, 11) is 0. The van der Waals surface area contributed by atoms with Crippen molar-refractivity contribution in [2.45, 2.75) is 25.5 Å². The molecule has 3 N–H and O–H groups in total. The van der Waals surface area contributed by atoms with Gasteiger partial charge in [-0.1, -0.05) is 13.8 Å². The van der Waals surface area contributed by atoms with Crippen molar-refractivity contribution in [1.82, 2.24) is 5.32 Å². The fraction of sp³-hybridized carbons (Fsp3) is 0.875. The number of hydrogen-bond donors (Lipinski definition) is 2. The van der Waals surface area contributed by atoms with Crippen molar-refractivity contribution in [3.05, 3.63) is 0 Å². The Morgan fingerprint density at radius 1 is 1.58 bits per heavy atom. The monoisotopic (exact) mass is 190 g/mol. The molecule has 0 aliphatic rings. The Labute approximate surface area is 78.5 Å². The number of carbonyl (C=O) groups is 1. The molecule has 4 heteroatoms. The number of rotatable bonds is 6. The summed E-state index contributed by atoms with van der Waals surface area (Å²) in [6.07, 6.45) is 0.437. The van der Waals surface area contributed by atoms with Crippen LogP contribution in [0.1, 0.15) is 20.3 Å². The van der Waals surface area contributed by atoms with Crippen molar-refractivity contribution in [1.29, 1.82) is 0 Å². The van der Waals surface area contributed by atoms with E-state index in [1.807, 2.05) is 11.8 Å². The normalized spacial score (nSPS) is 10.3. The van der Waals surface area contributed by atoms with E-state index in [-0.39, 0.29) is 5.91 Å². The van der Waals surface area contributed by atoms with Gasteiger partial charge in [-0.2, -0.15) is 11.8 Å². The fourth-order valence-corrected chi connectivity index (χ4v) is 1.40. The third-order valence-corrected chi connectivity index (χ3v) is 2.35. The molecule has 0 aromatic heterocycles. The first kappa shape index (κ1) is 11.8. The first-order valence-electron chi connectivity index (χ1n) is 4.25. The summed E-state index contributed by atoms with van der Waals surface area (Å²) < 4.78 is 0. The first-order valence-corrected chi connectivity index (χ1v) is 5.30. The van der Waals surface area contributed by atoms with E-state index in [4.69, 9.17) is 5.73 Å². The average Bonchev–Trinajstić information content (AvgIpc) is 1.98. The minimum atomic E-state index is 0.0573.